The van der Waals surface area contributed by atoms with Gasteiger partial charge in [0, 0.05) is 16.9 Å². The molecule has 0 aliphatic heterocycles. The van der Waals surface area contributed by atoms with Crippen LogP contribution in [0.2, 0.25) is 5.02 Å². The van der Waals surface area contributed by atoms with Crippen molar-refractivity contribution >= 4 is 11.6 Å². The lowest BCUT2D eigenvalue weighted by atomic mass is 10.0. The van der Waals surface area contributed by atoms with Crippen LogP contribution < -0.4 is 0 Å². The van der Waals surface area contributed by atoms with E-state index in [1.54, 1.807) is 6.07 Å². The van der Waals surface area contributed by atoms with Crippen LogP contribution in [-0.2, 0) is 0 Å². The van der Waals surface area contributed by atoms with Gasteiger partial charge in [-0.3, -0.25) is 4.98 Å². The van der Waals surface area contributed by atoms with E-state index in [1.165, 1.54) is 16.8 Å². The number of hydrogen-bond acceptors (Lipinski definition) is 1. The van der Waals surface area contributed by atoms with Crippen molar-refractivity contribution in [1.82, 2.24) is 4.98 Å². The molecule has 2 aromatic carbocycles. The van der Waals surface area contributed by atoms with Crippen molar-refractivity contribution < 1.29 is 4.39 Å². The van der Waals surface area contributed by atoms with E-state index in [-0.39, 0.29) is 19.2 Å². The van der Waals surface area contributed by atoms with Gasteiger partial charge in [0.2, 0.25) is 0 Å². The van der Waals surface area contributed by atoms with Gasteiger partial charge in [-0.1, -0.05) is 90.9 Å². The molecule has 3 aromatic rings. The highest BCUT2D eigenvalue weighted by Gasteiger charge is 2.04. The Labute approximate surface area is 201 Å². The van der Waals surface area contributed by atoms with E-state index in [4.69, 9.17) is 11.6 Å². The summed E-state index contributed by atoms with van der Waals surface area (Å²) in [6.07, 6.45) is 1.91. The van der Waals surface area contributed by atoms with Gasteiger partial charge in [0.05, 0.1) is 0 Å². The average molecular weight is 458 g/mol. The van der Waals surface area contributed by atoms with Crippen LogP contribution in [0.15, 0.2) is 60.8 Å². The van der Waals surface area contributed by atoms with Gasteiger partial charge in [-0.25, -0.2) is 4.39 Å². The zero-order valence-electron chi connectivity index (χ0n) is 20.2. The molecule has 0 fully saturated rings. The third-order valence-corrected chi connectivity index (χ3v) is 5.09. The van der Waals surface area contributed by atoms with E-state index in [2.05, 4.69) is 63.9 Å². The molecule has 3 heteroatoms. The van der Waals surface area contributed by atoms with Gasteiger partial charge in [-0.15, -0.1) is 0 Å². The van der Waals surface area contributed by atoms with E-state index in [9.17, 15) is 4.39 Å². The molecule has 0 saturated carbocycles. The molecule has 1 aromatic heterocycles. The van der Waals surface area contributed by atoms with Crippen LogP contribution in [0, 0.1) is 19.7 Å². The van der Waals surface area contributed by atoms with Crippen molar-refractivity contribution in [3.63, 3.8) is 0 Å². The second-order valence-electron chi connectivity index (χ2n) is 8.80. The molecule has 1 nitrogen and oxygen atoms in total. The quantitative estimate of drug-likeness (QED) is 0.381. The fraction of sp³-hybridized carbons (Fsp3) is 0.414. The summed E-state index contributed by atoms with van der Waals surface area (Å²) in [4.78, 5) is 4.28. The zero-order chi connectivity index (χ0) is 23.6. The van der Waals surface area contributed by atoms with E-state index < -0.39 is 0 Å². The number of benzene rings is 2. The Balaban J connectivity index is 0.000000444. The van der Waals surface area contributed by atoms with Crippen LogP contribution in [0.3, 0.4) is 0 Å². The molecule has 0 bridgehead atoms. The van der Waals surface area contributed by atoms with Crippen molar-refractivity contribution in [1.29, 1.82) is 0 Å². The predicted molar refractivity (Wildman–Crippen MR) is 141 cm³/mol. The van der Waals surface area contributed by atoms with Gasteiger partial charge in [-0.2, -0.15) is 0 Å². The highest BCUT2D eigenvalue weighted by atomic mass is 35.5. The van der Waals surface area contributed by atoms with Crippen molar-refractivity contribution in [2.75, 3.05) is 0 Å². The Morgan fingerprint density at radius 1 is 0.719 bits per heavy atom. The van der Waals surface area contributed by atoms with Crippen molar-refractivity contribution in [3.05, 3.63) is 99.6 Å². The first kappa shape index (κ1) is 29.8. The minimum absolute atomic E-state index is 0. The first-order chi connectivity index (χ1) is 14.5. The van der Waals surface area contributed by atoms with E-state index in [1.807, 2.05) is 51.2 Å². The second-order valence-corrected chi connectivity index (χ2v) is 9.24. The number of hydrogen-bond donors (Lipinski definition) is 0. The Kier molecular flexibility index (Phi) is 13.8. The summed E-state index contributed by atoms with van der Waals surface area (Å²) in [5.74, 6) is 1.33. The highest BCUT2D eigenvalue weighted by molar-refractivity contribution is 6.30. The van der Waals surface area contributed by atoms with Crippen LogP contribution in [-0.4, -0.2) is 4.98 Å². The Bertz CT molecular complexity index is 848. The van der Waals surface area contributed by atoms with Gasteiger partial charge in [0.25, 0.3) is 0 Å². The first-order valence-electron chi connectivity index (χ1n) is 10.9. The molecule has 0 N–H and O–H groups in total. The highest BCUT2D eigenvalue weighted by Crippen LogP contribution is 2.19. The Hall–Kier alpha value is -2.19. The number of aryl methyl sites for hydroxylation is 2. The minimum Gasteiger partial charge on any atom is -0.261 e. The summed E-state index contributed by atoms with van der Waals surface area (Å²) in [6, 6.07) is 17.5. The molecule has 0 saturated heterocycles. The van der Waals surface area contributed by atoms with E-state index in [0.717, 1.165) is 16.1 Å². The molecule has 0 radical (unpaired) electrons. The molecule has 3 rings (SSSR count). The summed E-state index contributed by atoms with van der Waals surface area (Å²) in [6.45, 7) is 16.6. The predicted octanol–water partition coefficient (Wildman–Crippen LogP) is 9.87. The summed E-state index contributed by atoms with van der Waals surface area (Å²) in [5, 5.41) is 0.810. The van der Waals surface area contributed by atoms with Gasteiger partial charge < -0.3 is 0 Å². The number of rotatable bonds is 3. The van der Waals surface area contributed by atoms with Crippen LogP contribution in [0.5, 0.6) is 0 Å². The SMILES string of the molecule is C.CC(C)c1ccc(Cl)cc1.Cc1ccc(C(C)C)c(F)c1.Cc1ccc(C(C)C)nc1. The summed E-state index contributed by atoms with van der Waals surface area (Å²) >= 11 is 5.72. The maximum Gasteiger partial charge on any atom is 0.126 e. The van der Waals surface area contributed by atoms with E-state index >= 15 is 0 Å². The van der Waals surface area contributed by atoms with Gasteiger partial charge in [0.15, 0.2) is 0 Å². The molecular weight excluding hydrogens is 417 g/mol. The Morgan fingerprint density at radius 2 is 1.28 bits per heavy atom. The van der Waals surface area contributed by atoms with Crippen LogP contribution in [0.4, 0.5) is 4.39 Å². The normalized spacial score (nSPS) is 10.2. The fourth-order valence-electron chi connectivity index (χ4n) is 2.77. The maximum atomic E-state index is 13.1. The molecule has 1 heterocycles. The number of halogens is 2. The standard InChI is InChI=1S/C10H13F.C9H11Cl.C9H13N.CH4/c1-7(2)9-5-4-8(3)6-10(9)11;1-7(2)8-3-5-9(10)6-4-8;1-7(2)9-5-4-8(3)6-10-9;/h4-7H,1-3H3;3-7H,1-2H3;4-7H,1-3H3;1H4. The molecule has 0 unspecified atom stereocenters. The molecule has 0 aliphatic carbocycles. The van der Waals surface area contributed by atoms with E-state index in [0.29, 0.717) is 11.8 Å². The van der Waals surface area contributed by atoms with Crippen LogP contribution in [0.1, 0.15) is 94.7 Å². The Morgan fingerprint density at radius 3 is 1.69 bits per heavy atom. The zero-order valence-corrected chi connectivity index (χ0v) is 21.0. The molecule has 0 amide bonds. The lowest BCUT2D eigenvalue weighted by Crippen LogP contribution is -1.92. The minimum atomic E-state index is -0.0833. The molecule has 176 valence electrons. The molecule has 0 aliphatic rings. The molecular formula is C29H41ClFN. The lowest BCUT2D eigenvalue weighted by molar-refractivity contribution is 0.597. The third-order valence-electron chi connectivity index (χ3n) is 4.84. The topological polar surface area (TPSA) is 12.9 Å². The fourth-order valence-corrected chi connectivity index (χ4v) is 2.89. The van der Waals surface area contributed by atoms with Gasteiger partial charge in [-0.05, 0) is 78.1 Å². The van der Waals surface area contributed by atoms with Gasteiger partial charge >= 0.3 is 0 Å². The van der Waals surface area contributed by atoms with Crippen molar-refractivity contribution in [2.24, 2.45) is 0 Å². The molecule has 0 spiro atoms. The smallest absolute Gasteiger partial charge is 0.126 e. The number of pyridine rings is 1. The average Bonchev–Trinajstić information content (AvgIpc) is 2.69. The second kappa shape index (κ2) is 14.8. The molecule has 0 atom stereocenters. The first-order valence-corrected chi connectivity index (χ1v) is 11.3. The monoisotopic (exact) mass is 457 g/mol. The third kappa shape index (κ3) is 10.9. The van der Waals surface area contributed by atoms with Crippen molar-refractivity contribution in [2.45, 2.75) is 80.6 Å². The van der Waals surface area contributed by atoms with Crippen molar-refractivity contribution in [3.8, 4) is 0 Å². The maximum absolute atomic E-state index is 13.1. The summed E-state index contributed by atoms with van der Waals surface area (Å²) in [7, 11) is 0. The summed E-state index contributed by atoms with van der Waals surface area (Å²) < 4.78 is 13.1. The number of nitrogens with zero attached hydrogens (tertiary/aromatic N) is 1. The van der Waals surface area contributed by atoms with Gasteiger partial charge in [0.1, 0.15) is 5.82 Å². The summed E-state index contributed by atoms with van der Waals surface area (Å²) in [5.41, 5.74) is 5.52. The largest absolute Gasteiger partial charge is 0.261 e. The van der Waals surface area contributed by atoms with Crippen LogP contribution >= 0.6 is 11.6 Å². The van der Waals surface area contributed by atoms with Crippen LogP contribution in [0.25, 0.3) is 0 Å². The number of aromatic nitrogens is 1. The lowest BCUT2D eigenvalue weighted by Gasteiger charge is -2.06. The molecule has 32 heavy (non-hydrogen) atoms.